The highest BCUT2D eigenvalue weighted by Crippen LogP contribution is 2.75. The Labute approximate surface area is 212 Å². The molecule has 1 spiro atoms. The van der Waals surface area contributed by atoms with Crippen molar-refractivity contribution in [1.82, 2.24) is 0 Å². The number of aliphatic hydroxyl groups is 4. The highest BCUT2D eigenvalue weighted by Gasteiger charge is 2.84. The minimum Gasteiger partial charge on any atom is -0.487 e. The summed E-state index contributed by atoms with van der Waals surface area (Å²) in [5.74, 6) is -0.0727. The predicted molar refractivity (Wildman–Crippen MR) is 132 cm³/mol. The molecule has 36 heavy (non-hydrogen) atoms. The smallest absolute Gasteiger partial charge is 0.164 e. The fraction of sp³-hybridized carbons (Fsp3) is 0.759. The molecule has 0 aromatic rings. The van der Waals surface area contributed by atoms with Gasteiger partial charge in [-0.05, 0) is 89.4 Å². The van der Waals surface area contributed by atoms with E-state index in [1.165, 1.54) is 12.2 Å². The van der Waals surface area contributed by atoms with Crippen molar-refractivity contribution in [1.29, 1.82) is 0 Å². The molecule has 0 aromatic heterocycles. The zero-order valence-corrected chi connectivity index (χ0v) is 22.0. The molecule has 6 rings (SSSR count). The van der Waals surface area contributed by atoms with Crippen LogP contribution >= 0.6 is 0 Å². The fourth-order valence-corrected chi connectivity index (χ4v) is 9.53. The van der Waals surface area contributed by atoms with Gasteiger partial charge < -0.3 is 29.9 Å². The van der Waals surface area contributed by atoms with Gasteiger partial charge in [0.15, 0.2) is 5.78 Å². The summed E-state index contributed by atoms with van der Waals surface area (Å²) in [5, 5.41) is 47.8. The van der Waals surface area contributed by atoms with Crippen molar-refractivity contribution in [3.63, 3.8) is 0 Å². The van der Waals surface area contributed by atoms with Gasteiger partial charge in [-0.3, -0.25) is 4.79 Å². The summed E-state index contributed by atoms with van der Waals surface area (Å²) in [6, 6.07) is 0. The van der Waals surface area contributed by atoms with Crippen LogP contribution in [0.1, 0.15) is 73.1 Å². The van der Waals surface area contributed by atoms with Gasteiger partial charge >= 0.3 is 0 Å². The highest BCUT2D eigenvalue weighted by atomic mass is 16.6. The number of carbonyl (C=O) groups is 1. The number of epoxide rings is 1. The second kappa shape index (κ2) is 6.92. The first-order valence-corrected chi connectivity index (χ1v) is 13.4. The van der Waals surface area contributed by atoms with Crippen LogP contribution in [0.5, 0.6) is 0 Å². The molecule has 0 amide bonds. The van der Waals surface area contributed by atoms with Crippen LogP contribution < -0.4 is 0 Å². The number of carbonyl (C=O) groups excluding carboxylic acids is 1. The molecule has 1 saturated heterocycles. The topological polar surface area (TPSA) is 120 Å². The number of rotatable bonds is 2. The molecule has 4 N–H and O–H groups in total. The second-order valence-electron chi connectivity index (χ2n) is 13.2. The molecular formula is C29H40O7. The lowest BCUT2D eigenvalue weighted by Crippen LogP contribution is -2.73. The van der Waals surface area contributed by atoms with Crippen LogP contribution in [0.25, 0.3) is 0 Å². The number of aliphatic hydroxyl groups excluding tert-OH is 1. The van der Waals surface area contributed by atoms with Gasteiger partial charge in [-0.2, -0.15) is 0 Å². The van der Waals surface area contributed by atoms with Crippen molar-refractivity contribution in [3.05, 3.63) is 35.6 Å². The van der Waals surface area contributed by atoms with E-state index in [0.717, 1.165) is 11.1 Å². The SMILES string of the molecule is C=C1OC([C@](C)(O)[C@]2(O)CC[C@@]3(O)C4C[C@H]5O[C@]56[C@H](O)C=CC(=O)[C@]6(C)C4CC[C@]23C)CC(C)=C1C. The number of hydrogen-bond acceptors (Lipinski definition) is 7. The maximum absolute atomic E-state index is 13.4. The molecule has 3 saturated carbocycles. The molecule has 6 aliphatic rings. The molecule has 2 heterocycles. The molecule has 0 aromatic carbocycles. The van der Waals surface area contributed by atoms with Crippen molar-refractivity contribution < 1.29 is 34.7 Å². The third-order valence-electron chi connectivity index (χ3n) is 12.3. The fourth-order valence-electron chi connectivity index (χ4n) is 9.53. The minimum absolute atomic E-state index is 0.0655. The first-order valence-electron chi connectivity index (χ1n) is 13.4. The summed E-state index contributed by atoms with van der Waals surface area (Å²) >= 11 is 0. The van der Waals surface area contributed by atoms with Crippen LogP contribution in [0, 0.1) is 22.7 Å². The Kier molecular flexibility index (Phi) is 4.77. The Bertz CT molecular complexity index is 1120. The van der Waals surface area contributed by atoms with E-state index in [-0.39, 0.29) is 30.1 Å². The number of fused-ring (bicyclic) bond motifs is 4. The zero-order valence-electron chi connectivity index (χ0n) is 22.0. The molecule has 7 nitrogen and oxygen atoms in total. The van der Waals surface area contributed by atoms with Crippen LogP contribution in [0.3, 0.4) is 0 Å². The summed E-state index contributed by atoms with van der Waals surface area (Å²) in [6.45, 7) is 13.3. The van der Waals surface area contributed by atoms with Gasteiger partial charge in [-0.25, -0.2) is 0 Å². The van der Waals surface area contributed by atoms with E-state index < -0.39 is 45.4 Å². The lowest BCUT2D eigenvalue weighted by atomic mass is 9.42. The molecule has 3 unspecified atom stereocenters. The Morgan fingerprint density at radius 3 is 2.50 bits per heavy atom. The summed E-state index contributed by atoms with van der Waals surface area (Å²) in [4.78, 5) is 13.4. The van der Waals surface area contributed by atoms with E-state index in [4.69, 9.17) is 9.47 Å². The van der Waals surface area contributed by atoms with Gasteiger partial charge in [0.1, 0.15) is 34.8 Å². The molecule has 7 heteroatoms. The average Bonchev–Trinajstić information content (AvgIpc) is 3.51. The Balaban J connectivity index is 1.39. The van der Waals surface area contributed by atoms with E-state index in [1.54, 1.807) is 6.92 Å². The lowest BCUT2D eigenvalue weighted by Gasteiger charge is -2.63. The van der Waals surface area contributed by atoms with E-state index in [2.05, 4.69) is 6.58 Å². The van der Waals surface area contributed by atoms with Crippen LogP contribution in [-0.4, -0.2) is 66.9 Å². The number of hydrogen-bond donors (Lipinski definition) is 4. The van der Waals surface area contributed by atoms with Gasteiger partial charge in [0.2, 0.25) is 0 Å². The van der Waals surface area contributed by atoms with Crippen molar-refractivity contribution in [3.8, 4) is 0 Å². The molecule has 0 bridgehead atoms. The normalized spacial score (nSPS) is 55.2. The Morgan fingerprint density at radius 1 is 1.14 bits per heavy atom. The lowest BCUT2D eigenvalue weighted by molar-refractivity contribution is -0.282. The monoisotopic (exact) mass is 500 g/mol. The standard InChI is InChI=1S/C29H40O7/c1-15-13-22(35-17(3)16(15)2)26(6,32)28(34)12-11-27(33)19-14-23-29(36-23)21(31)8-7-20(30)25(29,5)18(19)9-10-24(27,28)4/h7-8,18-19,21-23,31-34H,3,9-14H2,1-2,4-6H3/t18?,19?,21-,22?,23-,24+,25+,26+,27-,28+,29-/m1/s1. The van der Waals surface area contributed by atoms with Crippen LogP contribution in [0.2, 0.25) is 0 Å². The number of ether oxygens (including phenoxy) is 2. The van der Waals surface area contributed by atoms with E-state index in [9.17, 15) is 25.2 Å². The maximum Gasteiger partial charge on any atom is 0.164 e. The highest BCUT2D eigenvalue weighted by molar-refractivity contribution is 5.98. The number of allylic oxidation sites excluding steroid dienone is 2. The Morgan fingerprint density at radius 2 is 1.83 bits per heavy atom. The first-order chi connectivity index (χ1) is 16.6. The van der Waals surface area contributed by atoms with Crippen molar-refractivity contribution in [2.75, 3.05) is 0 Å². The third-order valence-corrected chi connectivity index (χ3v) is 12.3. The van der Waals surface area contributed by atoms with Crippen LogP contribution in [0.4, 0.5) is 0 Å². The molecule has 4 fully saturated rings. The molecular weight excluding hydrogens is 460 g/mol. The average molecular weight is 501 g/mol. The largest absolute Gasteiger partial charge is 0.487 e. The first kappa shape index (κ1) is 24.8. The zero-order chi connectivity index (χ0) is 26.3. The maximum atomic E-state index is 13.4. The molecule has 11 atom stereocenters. The Hall–Kier alpha value is -1.51. The molecule has 2 aliphatic heterocycles. The summed E-state index contributed by atoms with van der Waals surface area (Å²) in [7, 11) is 0. The van der Waals surface area contributed by atoms with Gasteiger partial charge in [0.25, 0.3) is 0 Å². The van der Waals surface area contributed by atoms with Crippen molar-refractivity contribution in [2.24, 2.45) is 22.7 Å². The van der Waals surface area contributed by atoms with Crippen molar-refractivity contribution >= 4 is 5.78 Å². The van der Waals surface area contributed by atoms with E-state index >= 15 is 0 Å². The summed E-state index contributed by atoms with van der Waals surface area (Å²) < 4.78 is 12.2. The second-order valence-corrected chi connectivity index (χ2v) is 13.2. The third kappa shape index (κ3) is 2.42. The number of ketones is 1. The molecule has 4 aliphatic carbocycles. The van der Waals surface area contributed by atoms with Gasteiger partial charge in [0, 0.05) is 11.8 Å². The van der Waals surface area contributed by atoms with Gasteiger partial charge in [-0.15, -0.1) is 0 Å². The van der Waals surface area contributed by atoms with Crippen LogP contribution in [-0.2, 0) is 14.3 Å². The van der Waals surface area contributed by atoms with Crippen LogP contribution in [0.15, 0.2) is 35.6 Å². The van der Waals surface area contributed by atoms with Gasteiger partial charge in [0.05, 0.1) is 17.1 Å². The summed E-state index contributed by atoms with van der Waals surface area (Å²) in [6.07, 6.45) is 3.65. The van der Waals surface area contributed by atoms with Crippen molar-refractivity contribution in [2.45, 2.75) is 114 Å². The van der Waals surface area contributed by atoms with Gasteiger partial charge in [-0.1, -0.05) is 19.1 Å². The minimum atomic E-state index is -1.65. The van der Waals surface area contributed by atoms with E-state index in [0.29, 0.717) is 37.9 Å². The molecule has 0 radical (unpaired) electrons. The quantitative estimate of drug-likeness (QED) is 0.431. The summed E-state index contributed by atoms with van der Waals surface area (Å²) in [5.41, 5.74) is -5.46. The molecule has 198 valence electrons. The predicted octanol–water partition coefficient (Wildman–Crippen LogP) is 2.71. The van der Waals surface area contributed by atoms with E-state index in [1.807, 2.05) is 27.7 Å².